The van der Waals surface area contributed by atoms with Crippen molar-refractivity contribution in [2.45, 2.75) is 32.6 Å². The van der Waals surface area contributed by atoms with Crippen LogP contribution >= 0.6 is 0 Å². The minimum Gasteiger partial charge on any atom is -0.393 e. The van der Waals surface area contributed by atoms with Gasteiger partial charge >= 0.3 is 0 Å². The van der Waals surface area contributed by atoms with Gasteiger partial charge in [-0.25, -0.2) is 0 Å². The van der Waals surface area contributed by atoms with E-state index in [1.54, 1.807) is 14.0 Å². The number of ether oxygens (including phenoxy) is 1. The number of aromatic nitrogens is 2. The zero-order chi connectivity index (χ0) is 12.0. The van der Waals surface area contributed by atoms with Crippen LogP contribution in [0.5, 0.6) is 0 Å². The van der Waals surface area contributed by atoms with Crippen molar-refractivity contribution in [1.82, 2.24) is 15.0 Å². The summed E-state index contributed by atoms with van der Waals surface area (Å²) in [4.78, 5) is 6.20. The van der Waals surface area contributed by atoms with E-state index < -0.39 is 0 Å². The van der Waals surface area contributed by atoms with Gasteiger partial charge in [0.15, 0.2) is 5.82 Å². The van der Waals surface area contributed by atoms with Gasteiger partial charge in [0, 0.05) is 13.7 Å². The third-order valence-corrected chi connectivity index (χ3v) is 2.12. The van der Waals surface area contributed by atoms with Crippen molar-refractivity contribution in [1.29, 1.82) is 0 Å². The highest BCUT2D eigenvalue weighted by molar-refractivity contribution is 4.84. The number of hydrogen-bond acceptors (Lipinski definition) is 6. The maximum atomic E-state index is 9.15. The summed E-state index contributed by atoms with van der Waals surface area (Å²) in [6.07, 6.45) is 0.455. The normalized spacial score (nSPS) is 13.3. The maximum Gasteiger partial charge on any atom is 0.252 e. The Morgan fingerprint density at radius 2 is 2.31 bits per heavy atom. The molecule has 1 N–H and O–H groups in total. The largest absolute Gasteiger partial charge is 0.393 e. The van der Waals surface area contributed by atoms with Crippen LogP contribution in [0.2, 0.25) is 0 Å². The molecule has 0 amide bonds. The highest BCUT2D eigenvalue weighted by atomic mass is 16.5. The summed E-state index contributed by atoms with van der Waals surface area (Å²) in [5.74, 6) is 1.13. The van der Waals surface area contributed by atoms with Crippen LogP contribution < -0.4 is 0 Å². The molecular weight excluding hydrogens is 210 g/mol. The molecule has 0 aromatic carbocycles. The van der Waals surface area contributed by atoms with Gasteiger partial charge in [-0.15, -0.1) is 0 Å². The van der Waals surface area contributed by atoms with Crippen molar-refractivity contribution in [3.05, 3.63) is 11.7 Å². The Bertz CT molecular complexity index is 301. The minimum absolute atomic E-state index is 0.281. The van der Waals surface area contributed by atoms with Gasteiger partial charge in [-0.3, -0.25) is 4.90 Å². The number of nitrogens with zero attached hydrogens (tertiary/aromatic N) is 3. The summed E-state index contributed by atoms with van der Waals surface area (Å²) in [5.41, 5.74) is 0. The van der Waals surface area contributed by atoms with Gasteiger partial charge in [0.25, 0.3) is 5.89 Å². The van der Waals surface area contributed by atoms with Gasteiger partial charge in [-0.05, 0) is 20.4 Å². The van der Waals surface area contributed by atoms with Gasteiger partial charge in [-0.2, -0.15) is 4.98 Å². The zero-order valence-electron chi connectivity index (χ0n) is 10.0. The Hall–Kier alpha value is -0.980. The molecule has 0 aliphatic carbocycles. The summed E-state index contributed by atoms with van der Waals surface area (Å²) in [5, 5.41) is 13.0. The molecule has 0 saturated heterocycles. The second kappa shape index (κ2) is 6.57. The lowest BCUT2D eigenvalue weighted by molar-refractivity contribution is 0.151. The first-order valence-corrected chi connectivity index (χ1v) is 5.29. The van der Waals surface area contributed by atoms with E-state index in [9.17, 15) is 0 Å². The molecule has 6 nitrogen and oxygen atoms in total. The summed E-state index contributed by atoms with van der Waals surface area (Å²) in [6, 6.07) is 0. The predicted molar refractivity (Wildman–Crippen MR) is 57.6 cm³/mol. The molecule has 6 heteroatoms. The first kappa shape index (κ1) is 13.1. The molecule has 0 aliphatic heterocycles. The van der Waals surface area contributed by atoms with Crippen LogP contribution in [0, 0.1) is 0 Å². The van der Waals surface area contributed by atoms with Crippen LogP contribution in [0.3, 0.4) is 0 Å². The molecule has 0 aliphatic rings. The Morgan fingerprint density at radius 3 is 2.94 bits per heavy atom. The smallest absolute Gasteiger partial charge is 0.252 e. The van der Waals surface area contributed by atoms with Gasteiger partial charge < -0.3 is 14.4 Å². The van der Waals surface area contributed by atoms with Crippen molar-refractivity contribution in [3.63, 3.8) is 0 Å². The summed E-state index contributed by atoms with van der Waals surface area (Å²) in [7, 11) is 3.54. The molecule has 1 atom stereocenters. The van der Waals surface area contributed by atoms with E-state index in [0.29, 0.717) is 24.9 Å². The number of hydrogen-bond donors (Lipinski definition) is 1. The van der Waals surface area contributed by atoms with Gasteiger partial charge in [0.2, 0.25) is 0 Å². The van der Waals surface area contributed by atoms with E-state index in [1.807, 2.05) is 11.9 Å². The van der Waals surface area contributed by atoms with E-state index in [1.165, 1.54) is 0 Å². The average Bonchev–Trinajstić information content (AvgIpc) is 2.63. The first-order valence-electron chi connectivity index (χ1n) is 5.29. The SMILES string of the molecule is COCc1nc(CN(C)CCC(C)O)no1. The summed E-state index contributed by atoms with van der Waals surface area (Å²) in [6.45, 7) is 3.52. The van der Waals surface area contributed by atoms with Gasteiger partial charge in [-0.1, -0.05) is 5.16 Å². The molecule has 1 heterocycles. The summed E-state index contributed by atoms with van der Waals surface area (Å²) < 4.78 is 9.85. The quantitative estimate of drug-likeness (QED) is 0.730. The lowest BCUT2D eigenvalue weighted by atomic mass is 10.3. The molecule has 1 aromatic heterocycles. The fourth-order valence-corrected chi connectivity index (χ4v) is 1.26. The van der Waals surface area contributed by atoms with Crippen molar-refractivity contribution < 1.29 is 14.4 Å². The van der Waals surface area contributed by atoms with Crippen LogP contribution in [0.25, 0.3) is 0 Å². The number of aliphatic hydroxyl groups excluding tert-OH is 1. The molecular formula is C10H19N3O3. The fourth-order valence-electron chi connectivity index (χ4n) is 1.26. The third kappa shape index (κ3) is 4.69. The Balaban J connectivity index is 2.34. The lowest BCUT2D eigenvalue weighted by Gasteiger charge is -2.14. The standard InChI is InChI=1S/C10H19N3O3/c1-8(14)4-5-13(2)6-9-11-10(7-15-3)16-12-9/h8,14H,4-7H2,1-3H3. The second-order valence-corrected chi connectivity index (χ2v) is 3.91. The van der Waals surface area contributed by atoms with Crippen LogP contribution in [-0.4, -0.2) is 47.0 Å². The zero-order valence-corrected chi connectivity index (χ0v) is 10.0. The molecule has 1 aromatic rings. The first-order chi connectivity index (χ1) is 7.61. The molecule has 0 fully saturated rings. The topological polar surface area (TPSA) is 71.6 Å². The van der Waals surface area contributed by atoms with E-state index in [-0.39, 0.29) is 6.10 Å². The van der Waals surface area contributed by atoms with Crippen LogP contribution in [0.4, 0.5) is 0 Å². The van der Waals surface area contributed by atoms with Crippen LogP contribution in [-0.2, 0) is 17.9 Å². The monoisotopic (exact) mass is 229 g/mol. The Morgan fingerprint density at radius 1 is 1.56 bits per heavy atom. The summed E-state index contributed by atoms with van der Waals surface area (Å²) >= 11 is 0. The number of methoxy groups -OCH3 is 1. The van der Waals surface area contributed by atoms with Crippen molar-refractivity contribution >= 4 is 0 Å². The second-order valence-electron chi connectivity index (χ2n) is 3.91. The van der Waals surface area contributed by atoms with E-state index in [2.05, 4.69) is 10.1 Å². The number of aliphatic hydroxyl groups is 1. The Labute approximate surface area is 95.2 Å². The van der Waals surface area contributed by atoms with Gasteiger partial charge in [0.1, 0.15) is 6.61 Å². The molecule has 0 spiro atoms. The molecule has 1 unspecified atom stereocenters. The fraction of sp³-hybridized carbons (Fsp3) is 0.800. The van der Waals surface area contributed by atoms with Crippen LogP contribution in [0.1, 0.15) is 25.1 Å². The van der Waals surface area contributed by atoms with E-state index >= 15 is 0 Å². The van der Waals surface area contributed by atoms with Crippen molar-refractivity contribution in [3.8, 4) is 0 Å². The van der Waals surface area contributed by atoms with Crippen molar-refractivity contribution in [2.75, 3.05) is 20.7 Å². The predicted octanol–water partition coefficient (Wildman–Crippen LogP) is 0.419. The highest BCUT2D eigenvalue weighted by Gasteiger charge is 2.09. The van der Waals surface area contributed by atoms with Crippen molar-refractivity contribution in [2.24, 2.45) is 0 Å². The number of rotatable bonds is 7. The molecule has 0 bridgehead atoms. The van der Waals surface area contributed by atoms with Gasteiger partial charge in [0.05, 0.1) is 12.6 Å². The van der Waals surface area contributed by atoms with E-state index in [4.69, 9.17) is 14.4 Å². The van der Waals surface area contributed by atoms with E-state index in [0.717, 1.165) is 13.0 Å². The molecule has 16 heavy (non-hydrogen) atoms. The lowest BCUT2D eigenvalue weighted by Crippen LogP contribution is -2.22. The molecule has 0 saturated carbocycles. The highest BCUT2D eigenvalue weighted by Crippen LogP contribution is 2.02. The minimum atomic E-state index is -0.281. The third-order valence-electron chi connectivity index (χ3n) is 2.12. The maximum absolute atomic E-state index is 9.15. The average molecular weight is 229 g/mol. The van der Waals surface area contributed by atoms with Crippen LogP contribution in [0.15, 0.2) is 4.52 Å². The molecule has 0 radical (unpaired) electrons. The molecule has 92 valence electrons. The molecule has 1 rings (SSSR count). The Kier molecular flexibility index (Phi) is 5.37.